The predicted octanol–water partition coefficient (Wildman–Crippen LogP) is 3.40. The summed E-state index contributed by atoms with van der Waals surface area (Å²) in [6.07, 6.45) is 5.62. The van der Waals surface area contributed by atoms with Gasteiger partial charge in [0.1, 0.15) is 11.5 Å². The monoisotopic (exact) mass is 332 g/mol. The van der Waals surface area contributed by atoms with Crippen molar-refractivity contribution in [3.05, 3.63) is 23.8 Å². The lowest BCUT2D eigenvalue weighted by Gasteiger charge is -2.42. The third-order valence-electron chi connectivity index (χ3n) is 5.71. The second kappa shape index (κ2) is 8.21. The summed E-state index contributed by atoms with van der Waals surface area (Å²) >= 11 is 0. The highest BCUT2D eigenvalue weighted by Crippen LogP contribution is 2.29. The third kappa shape index (κ3) is 4.22. The van der Waals surface area contributed by atoms with Crippen LogP contribution in [0.3, 0.4) is 0 Å². The van der Waals surface area contributed by atoms with Gasteiger partial charge in [0.25, 0.3) is 0 Å². The molecule has 1 aromatic rings. The Labute approximate surface area is 146 Å². The van der Waals surface area contributed by atoms with Crippen LogP contribution in [0.1, 0.15) is 38.2 Å². The minimum Gasteiger partial charge on any atom is -0.497 e. The fraction of sp³-hybridized carbons (Fsp3) is 0.700. The fourth-order valence-corrected chi connectivity index (χ4v) is 4.27. The number of nitrogens with zero attached hydrogens (tertiary/aromatic N) is 2. The van der Waals surface area contributed by atoms with Gasteiger partial charge in [0.2, 0.25) is 0 Å². The van der Waals surface area contributed by atoms with Crippen molar-refractivity contribution in [2.75, 3.05) is 40.4 Å². The molecule has 0 amide bonds. The molecule has 4 heteroatoms. The Morgan fingerprint density at radius 1 is 1.04 bits per heavy atom. The van der Waals surface area contributed by atoms with Crippen molar-refractivity contribution in [2.24, 2.45) is 5.92 Å². The number of hydrogen-bond acceptors (Lipinski definition) is 4. The van der Waals surface area contributed by atoms with E-state index < -0.39 is 0 Å². The number of piperazine rings is 1. The highest BCUT2D eigenvalue weighted by molar-refractivity contribution is 5.40. The van der Waals surface area contributed by atoms with Crippen LogP contribution >= 0.6 is 0 Å². The van der Waals surface area contributed by atoms with Crippen LogP contribution in [0, 0.1) is 5.92 Å². The Morgan fingerprint density at radius 3 is 2.50 bits per heavy atom. The van der Waals surface area contributed by atoms with Crippen molar-refractivity contribution in [2.45, 2.75) is 45.2 Å². The molecule has 0 aromatic heterocycles. The van der Waals surface area contributed by atoms with E-state index in [4.69, 9.17) is 9.47 Å². The maximum atomic E-state index is 5.52. The Bertz CT molecular complexity index is 526. The van der Waals surface area contributed by atoms with Crippen LogP contribution in [-0.4, -0.2) is 56.2 Å². The van der Waals surface area contributed by atoms with Crippen LogP contribution in [0.25, 0.3) is 0 Å². The van der Waals surface area contributed by atoms with Crippen molar-refractivity contribution in [1.29, 1.82) is 0 Å². The summed E-state index contributed by atoms with van der Waals surface area (Å²) in [4.78, 5) is 5.27. The Kier molecular flexibility index (Phi) is 6.01. The van der Waals surface area contributed by atoms with Crippen LogP contribution < -0.4 is 9.47 Å². The van der Waals surface area contributed by atoms with Crippen LogP contribution in [-0.2, 0) is 6.54 Å². The molecule has 134 valence electrons. The van der Waals surface area contributed by atoms with Gasteiger partial charge in [0.15, 0.2) is 0 Å². The molecule has 1 saturated heterocycles. The lowest BCUT2D eigenvalue weighted by atomic mass is 9.86. The normalized spacial score (nSPS) is 26.3. The van der Waals surface area contributed by atoms with Crippen molar-refractivity contribution in [3.63, 3.8) is 0 Å². The van der Waals surface area contributed by atoms with Gasteiger partial charge < -0.3 is 9.47 Å². The highest BCUT2D eigenvalue weighted by atomic mass is 16.5. The first-order valence-corrected chi connectivity index (χ1v) is 9.37. The van der Waals surface area contributed by atoms with Crippen molar-refractivity contribution in [3.8, 4) is 11.5 Å². The Morgan fingerprint density at radius 2 is 1.83 bits per heavy atom. The zero-order chi connectivity index (χ0) is 16.9. The summed E-state index contributed by atoms with van der Waals surface area (Å²) in [7, 11) is 3.46. The molecule has 1 aliphatic carbocycles. The molecule has 0 radical (unpaired) electrons. The van der Waals surface area contributed by atoms with E-state index in [9.17, 15) is 0 Å². The van der Waals surface area contributed by atoms with Gasteiger partial charge in [-0.25, -0.2) is 0 Å². The van der Waals surface area contributed by atoms with E-state index in [1.165, 1.54) is 44.3 Å². The molecule has 2 fully saturated rings. The average Bonchev–Trinajstić information content (AvgIpc) is 2.62. The van der Waals surface area contributed by atoms with E-state index in [0.29, 0.717) is 0 Å². The number of rotatable bonds is 5. The van der Waals surface area contributed by atoms with Gasteiger partial charge in [-0.2, -0.15) is 0 Å². The molecule has 2 aliphatic rings. The van der Waals surface area contributed by atoms with E-state index in [1.54, 1.807) is 14.2 Å². The molecule has 0 N–H and O–H groups in total. The minimum atomic E-state index is 0.822. The number of methoxy groups -OCH3 is 2. The smallest absolute Gasteiger partial charge is 0.123 e. The molecular weight excluding hydrogens is 300 g/mol. The van der Waals surface area contributed by atoms with Crippen LogP contribution in [0.2, 0.25) is 0 Å². The van der Waals surface area contributed by atoms with Crippen LogP contribution in [0.5, 0.6) is 11.5 Å². The van der Waals surface area contributed by atoms with E-state index in [2.05, 4.69) is 22.8 Å². The lowest BCUT2D eigenvalue weighted by Crippen LogP contribution is -2.50. The standard InChI is InChI=1S/C20H32N2O2/c1-16-5-4-6-18(13-16)22-11-9-21(10-12-22)15-17-14-19(23-2)7-8-20(17)24-3/h7-8,14,16,18H,4-6,9-13,15H2,1-3H3/t16-,18-/m1/s1. The minimum absolute atomic E-state index is 0.822. The van der Waals surface area contributed by atoms with Gasteiger partial charge in [-0.1, -0.05) is 19.8 Å². The Balaban J connectivity index is 1.55. The number of benzene rings is 1. The molecule has 1 aromatic carbocycles. The van der Waals surface area contributed by atoms with Crippen LogP contribution in [0.4, 0.5) is 0 Å². The molecule has 2 atom stereocenters. The first kappa shape index (κ1) is 17.6. The van der Waals surface area contributed by atoms with E-state index in [-0.39, 0.29) is 0 Å². The average molecular weight is 332 g/mol. The second-order valence-electron chi connectivity index (χ2n) is 7.42. The molecule has 1 heterocycles. The first-order valence-electron chi connectivity index (χ1n) is 9.37. The summed E-state index contributed by atoms with van der Waals surface area (Å²) < 4.78 is 10.9. The summed E-state index contributed by atoms with van der Waals surface area (Å²) in [5, 5.41) is 0. The summed E-state index contributed by atoms with van der Waals surface area (Å²) in [5.41, 5.74) is 1.22. The predicted molar refractivity (Wildman–Crippen MR) is 97.8 cm³/mol. The molecule has 24 heavy (non-hydrogen) atoms. The molecule has 0 bridgehead atoms. The second-order valence-corrected chi connectivity index (χ2v) is 7.42. The third-order valence-corrected chi connectivity index (χ3v) is 5.71. The van der Waals surface area contributed by atoms with Crippen molar-refractivity contribution >= 4 is 0 Å². The number of ether oxygens (including phenoxy) is 2. The van der Waals surface area contributed by atoms with Crippen molar-refractivity contribution < 1.29 is 9.47 Å². The Hall–Kier alpha value is -1.26. The van der Waals surface area contributed by atoms with E-state index >= 15 is 0 Å². The van der Waals surface area contributed by atoms with Gasteiger partial charge in [-0.3, -0.25) is 9.80 Å². The molecule has 4 nitrogen and oxygen atoms in total. The summed E-state index contributed by atoms with van der Waals surface area (Å²) in [6.45, 7) is 8.04. The maximum Gasteiger partial charge on any atom is 0.123 e. The van der Waals surface area contributed by atoms with Gasteiger partial charge in [0.05, 0.1) is 14.2 Å². The van der Waals surface area contributed by atoms with Crippen LogP contribution in [0.15, 0.2) is 18.2 Å². The fourth-order valence-electron chi connectivity index (χ4n) is 4.27. The molecule has 0 spiro atoms. The number of hydrogen-bond donors (Lipinski definition) is 0. The molecular formula is C20H32N2O2. The summed E-state index contributed by atoms with van der Waals surface area (Å²) in [6, 6.07) is 6.90. The molecule has 0 unspecified atom stereocenters. The molecule has 1 aliphatic heterocycles. The molecule has 1 saturated carbocycles. The zero-order valence-electron chi connectivity index (χ0n) is 15.5. The van der Waals surface area contributed by atoms with Gasteiger partial charge in [0, 0.05) is 44.3 Å². The summed E-state index contributed by atoms with van der Waals surface area (Å²) in [5.74, 6) is 2.77. The van der Waals surface area contributed by atoms with Crippen molar-refractivity contribution in [1.82, 2.24) is 9.80 Å². The largest absolute Gasteiger partial charge is 0.497 e. The van der Waals surface area contributed by atoms with Gasteiger partial charge in [-0.15, -0.1) is 0 Å². The first-order chi connectivity index (χ1) is 11.7. The molecule has 3 rings (SSSR count). The van der Waals surface area contributed by atoms with E-state index in [1.807, 2.05) is 12.1 Å². The quantitative estimate of drug-likeness (QED) is 0.825. The van der Waals surface area contributed by atoms with E-state index in [0.717, 1.165) is 43.1 Å². The van der Waals surface area contributed by atoms with Gasteiger partial charge >= 0.3 is 0 Å². The SMILES string of the molecule is COc1ccc(OC)c(CN2CCN([C@@H]3CCC[C@@H](C)C3)CC2)c1. The maximum absolute atomic E-state index is 5.52. The zero-order valence-corrected chi connectivity index (χ0v) is 15.5. The topological polar surface area (TPSA) is 24.9 Å². The van der Waals surface area contributed by atoms with Gasteiger partial charge in [-0.05, 0) is 37.0 Å². The highest BCUT2D eigenvalue weighted by Gasteiger charge is 2.27. The lowest BCUT2D eigenvalue weighted by molar-refractivity contribution is 0.0656.